The number of carbonyl (C=O) groups is 2. The molecular weight excluding hydrogens is 394 g/mol. The van der Waals surface area contributed by atoms with E-state index in [1.54, 1.807) is 48.9 Å². The van der Waals surface area contributed by atoms with E-state index in [2.05, 4.69) is 10.3 Å². The number of amides is 1. The fourth-order valence-electron chi connectivity index (χ4n) is 2.69. The van der Waals surface area contributed by atoms with Gasteiger partial charge in [-0.1, -0.05) is 11.6 Å². The molecule has 1 aromatic heterocycles. The maximum atomic E-state index is 12.4. The smallest absolute Gasteiger partial charge is 0.340 e. The molecule has 0 aliphatic rings. The lowest BCUT2D eigenvalue weighted by molar-refractivity contribution is -0.116. The standard InChI is InChI=1S/C21H20ClN3O4/c1-25-13-23-12-15(25)5-10-20(26)24-19-9-8-17(11-18(19)21(27)28-2)29-16-6-3-14(22)4-7-16/h3-4,6-9,11-13H,5,10H2,1-2H3,(H,24,26). The Kier molecular flexibility index (Phi) is 6.51. The van der Waals surface area contributed by atoms with Gasteiger partial charge in [-0.05, 0) is 48.9 Å². The van der Waals surface area contributed by atoms with Crippen molar-refractivity contribution in [2.45, 2.75) is 12.8 Å². The van der Waals surface area contributed by atoms with Crippen LogP contribution in [0.4, 0.5) is 5.69 Å². The molecule has 0 fully saturated rings. The molecule has 1 heterocycles. The molecule has 29 heavy (non-hydrogen) atoms. The fourth-order valence-corrected chi connectivity index (χ4v) is 2.82. The number of esters is 1. The van der Waals surface area contributed by atoms with E-state index in [-0.39, 0.29) is 17.9 Å². The summed E-state index contributed by atoms with van der Waals surface area (Å²) in [4.78, 5) is 28.6. The van der Waals surface area contributed by atoms with Crippen molar-refractivity contribution in [2.75, 3.05) is 12.4 Å². The highest BCUT2D eigenvalue weighted by Gasteiger charge is 2.16. The van der Waals surface area contributed by atoms with Crippen molar-refractivity contribution < 1.29 is 19.1 Å². The molecule has 1 amide bonds. The highest BCUT2D eigenvalue weighted by Crippen LogP contribution is 2.28. The topological polar surface area (TPSA) is 82.4 Å². The number of rotatable bonds is 7. The number of hydrogen-bond donors (Lipinski definition) is 1. The minimum Gasteiger partial charge on any atom is -0.465 e. The van der Waals surface area contributed by atoms with Gasteiger partial charge in [0.2, 0.25) is 5.91 Å². The van der Waals surface area contributed by atoms with Crippen molar-refractivity contribution in [3.8, 4) is 11.5 Å². The van der Waals surface area contributed by atoms with Crippen LogP contribution in [-0.2, 0) is 23.0 Å². The monoisotopic (exact) mass is 413 g/mol. The van der Waals surface area contributed by atoms with E-state index in [0.717, 1.165) is 5.69 Å². The van der Waals surface area contributed by atoms with Crippen molar-refractivity contribution in [3.05, 3.63) is 71.3 Å². The first-order valence-electron chi connectivity index (χ1n) is 8.87. The number of benzene rings is 2. The van der Waals surface area contributed by atoms with Gasteiger partial charge in [0.15, 0.2) is 0 Å². The SMILES string of the molecule is COC(=O)c1cc(Oc2ccc(Cl)cc2)ccc1NC(=O)CCc1cncn1C. The van der Waals surface area contributed by atoms with Crippen LogP contribution in [-0.4, -0.2) is 28.5 Å². The van der Waals surface area contributed by atoms with Crippen LogP contribution in [0.1, 0.15) is 22.5 Å². The van der Waals surface area contributed by atoms with Crippen LogP contribution in [0.5, 0.6) is 11.5 Å². The van der Waals surface area contributed by atoms with Crippen LogP contribution in [0.25, 0.3) is 0 Å². The first-order valence-corrected chi connectivity index (χ1v) is 9.25. The second kappa shape index (κ2) is 9.25. The largest absolute Gasteiger partial charge is 0.465 e. The number of nitrogens with zero attached hydrogens (tertiary/aromatic N) is 2. The summed E-state index contributed by atoms with van der Waals surface area (Å²) in [5, 5.41) is 3.36. The van der Waals surface area contributed by atoms with Gasteiger partial charge in [-0.25, -0.2) is 9.78 Å². The molecule has 0 atom stereocenters. The highest BCUT2D eigenvalue weighted by molar-refractivity contribution is 6.30. The van der Waals surface area contributed by atoms with Gasteiger partial charge in [0, 0.05) is 30.4 Å². The number of aromatic nitrogens is 2. The molecule has 1 N–H and O–H groups in total. The Balaban J connectivity index is 1.73. The van der Waals surface area contributed by atoms with Crippen LogP contribution in [0.15, 0.2) is 55.0 Å². The summed E-state index contributed by atoms with van der Waals surface area (Å²) in [6, 6.07) is 11.6. The van der Waals surface area contributed by atoms with Gasteiger partial charge in [0.25, 0.3) is 0 Å². The van der Waals surface area contributed by atoms with E-state index in [1.165, 1.54) is 13.2 Å². The number of nitrogens with one attached hydrogen (secondary N) is 1. The fraction of sp³-hybridized carbons (Fsp3) is 0.190. The number of aryl methyl sites for hydroxylation is 2. The predicted molar refractivity (Wildman–Crippen MR) is 109 cm³/mol. The van der Waals surface area contributed by atoms with Crippen LogP contribution >= 0.6 is 11.6 Å². The second-order valence-electron chi connectivity index (χ2n) is 6.30. The van der Waals surface area contributed by atoms with Gasteiger partial charge in [0.1, 0.15) is 11.5 Å². The molecular formula is C21H20ClN3O4. The van der Waals surface area contributed by atoms with E-state index in [0.29, 0.717) is 28.6 Å². The number of anilines is 1. The van der Waals surface area contributed by atoms with Crippen LogP contribution in [0.2, 0.25) is 5.02 Å². The van der Waals surface area contributed by atoms with Crippen molar-refractivity contribution in [1.29, 1.82) is 0 Å². The number of ether oxygens (including phenoxy) is 2. The highest BCUT2D eigenvalue weighted by atomic mass is 35.5. The summed E-state index contributed by atoms with van der Waals surface area (Å²) >= 11 is 5.87. The number of imidazole rings is 1. The Bertz CT molecular complexity index is 1020. The molecule has 3 rings (SSSR count). The summed E-state index contributed by atoms with van der Waals surface area (Å²) < 4.78 is 12.4. The van der Waals surface area contributed by atoms with Crippen LogP contribution < -0.4 is 10.1 Å². The first-order chi connectivity index (χ1) is 14.0. The molecule has 0 radical (unpaired) electrons. The molecule has 150 valence electrons. The molecule has 0 bridgehead atoms. The summed E-state index contributed by atoms with van der Waals surface area (Å²) in [6.07, 6.45) is 4.19. The molecule has 0 saturated carbocycles. The zero-order chi connectivity index (χ0) is 20.8. The zero-order valence-electron chi connectivity index (χ0n) is 16.0. The molecule has 0 aliphatic carbocycles. The van der Waals surface area contributed by atoms with E-state index >= 15 is 0 Å². The number of halogens is 1. The van der Waals surface area contributed by atoms with Gasteiger partial charge in [-0.2, -0.15) is 0 Å². The molecule has 0 unspecified atom stereocenters. The molecule has 0 spiro atoms. The van der Waals surface area contributed by atoms with Gasteiger partial charge >= 0.3 is 5.97 Å². The minimum atomic E-state index is -0.575. The molecule has 0 saturated heterocycles. The van der Waals surface area contributed by atoms with Crippen LogP contribution in [0, 0.1) is 0 Å². The van der Waals surface area contributed by atoms with E-state index in [1.807, 2.05) is 11.6 Å². The lowest BCUT2D eigenvalue weighted by Gasteiger charge is -2.13. The minimum absolute atomic E-state index is 0.202. The molecule has 3 aromatic rings. The molecule has 7 nitrogen and oxygen atoms in total. The molecule has 0 aliphatic heterocycles. The predicted octanol–water partition coefficient (Wildman–Crippen LogP) is 4.22. The van der Waals surface area contributed by atoms with Gasteiger partial charge in [-0.3, -0.25) is 4.79 Å². The Morgan fingerprint density at radius 1 is 1.14 bits per heavy atom. The first kappa shape index (κ1) is 20.4. The quantitative estimate of drug-likeness (QED) is 0.586. The number of carbonyl (C=O) groups excluding carboxylic acids is 2. The number of methoxy groups -OCH3 is 1. The van der Waals surface area contributed by atoms with Crippen molar-refractivity contribution >= 4 is 29.2 Å². The Hall–Kier alpha value is -3.32. The molecule has 8 heteroatoms. The van der Waals surface area contributed by atoms with Crippen molar-refractivity contribution in [1.82, 2.24) is 9.55 Å². The third-order valence-electron chi connectivity index (χ3n) is 4.24. The third-order valence-corrected chi connectivity index (χ3v) is 4.50. The normalized spacial score (nSPS) is 10.4. The van der Waals surface area contributed by atoms with Crippen molar-refractivity contribution in [2.24, 2.45) is 7.05 Å². The van der Waals surface area contributed by atoms with E-state index < -0.39 is 5.97 Å². The van der Waals surface area contributed by atoms with E-state index in [4.69, 9.17) is 21.1 Å². The average molecular weight is 414 g/mol. The Morgan fingerprint density at radius 3 is 2.52 bits per heavy atom. The Morgan fingerprint density at radius 2 is 1.86 bits per heavy atom. The second-order valence-corrected chi connectivity index (χ2v) is 6.74. The zero-order valence-corrected chi connectivity index (χ0v) is 16.8. The lowest BCUT2D eigenvalue weighted by atomic mass is 10.1. The third kappa shape index (κ3) is 5.36. The van der Waals surface area contributed by atoms with Gasteiger partial charge in [0.05, 0.1) is 24.7 Å². The summed E-state index contributed by atoms with van der Waals surface area (Å²) in [7, 11) is 3.15. The summed E-state index contributed by atoms with van der Waals surface area (Å²) in [5.41, 5.74) is 1.50. The van der Waals surface area contributed by atoms with Gasteiger partial charge < -0.3 is 19.4 Å². The summed E-state index contributed by atoms with van der Waals surface area (Å²) in [5.74, 6) is 0.204. The number of hydrogen-bond acceptors (Lipinski definition) is 5. The maximum absolute atomic E-state index is 12.4. The van der Waals surface area contributed by atoms with Crippen molar-refractivity contribution in [3.63, 3.8) is 0 Å². The lowest BCUT2D eigenvalue weighted by Crippen LogP contribution is -2.16. The van der Waals surface area contributed by atoms with Gasteiger partial charge in [-0.15, -0.1) is 0 Å². The molecule has 2 aromatic carbocycles. The maximum Gasteiger partial charge on any atom is 0.340 e. The van der Waals surface area contributed by atoms with E-state index in [9.17, 15) is 9.59 Å². The summed E-state index contributed by atoms with van der Waals surface area (Å²) in [6.45, 7) is 0. The van der Waals surface area contributed by atoms with Crippen LogP contribution in [0.3, 0.4) is 0 Å². The Labute approximate surface area is 173 Å². The average Bonchev–Trinajstić information content (AvgIpc) is 3.13.